The Kier molecular flexibility index (Phi) is 7.38. The summed E-state index contributed by atoms with van der Waals surface area (Å²) in [5.74, 6) is 1.98. The van der Waals surface area contributed by atoms with Gasteiger partial charge in [-0.15, -0.1) is 0 Å². The number of amides is 1. The summed E-state index contributed by atoms with van der Waals surface area (Å²) in [4.78, 5) is 13.8. The van der Waals surface area contributed by atoms with Crippen molar-refractivity contribution in [1.29, 1.82) is 0 Å². The molecule has 0 aromatic heterocycles. The summed E-state index contributed by atoms with van der Waals surface area (Å²) in [6, 6.07) is 13.1. The molecule has 3 rings (SSSR count). The molecule has 2 N–H and O–H groups in total. The van der Waals surface area contributed by atoms with E-state index in [1.807, 2.05) is 0 Å². The lowest BCUT2D eigenvalue weighted by Crippen LogP contribution is -3.12. The maximum Gasteiger partial charge on any atom is 0.220 e. The first-order valence-electron chi connectivity index (χ1n) is 10.8. The van der Waals surface area contributed by atoms with Gasteiger partial charge in [0.15, 0.2) is 11.5 Å². The third-order valence-corrected chi connectivity index (χ3v) is 5.84. The van der Waals surface area contributed by atoms with E-state index >= 15 is 0 Å². The molecule has 0 radical (unpaired) electrons. The van der Waals surface area contributed by atoms with Gasteiger partial charge in [-0.3, -0.25) is 4.79 Å². The van der Waals surface area contributed by atoms with Crippen molar-refractivity contribution >= 4 is 5.91 Å². The smallest absolute Gasteiger partial charge is 0.220 e. The van der Waals surface area contributed by atoms with E-state index in [4.69, 9.17) is 9.47 Å². The van der Waals surface area contributed by atoms with Gasteiger partial charge >= 0.3 is 0 Å². The van der Waals surface area contributed by atoms with Crippen LogP contribution in [-0.2, 0) is 17.8 Å². The SMILES string of the molecule is COc1cc2c(cc1OC)[C@H](CNC(=O)CC(C)C)[NH+](Cc1cccc(C)c1)CC2. The minimum atomic E-state index is 0.118. The van der Waals surface area contributed by atoms with Crippen LogP contribution in [0.5, 0.6) is 11.5 Å². The summed E-state index contributed by atoms with van der Waals surface area (Å²) in [5.41, 5.74) is 5.13. The van der Waals surface area contributed by atoms with Gasteiger partial charge in [0.2, 0.25) is 5.91 Å². The van der Waals surface area contributed by atoms with Crippen molar-refractivity contribution in [3.63, 3.8) is 0 Å². The molecule has 5 nitrogen and oxygen atoms in total. The molecular weight excluding hydrogens is 376 g/mol. The van der Waals surface area contributed by atoms with E-state index in [1.54, 1.807) is 14.2 Å². The predicted octanol–water partition coefficient (Wildman–Crippen LogP) is 2.86. The van der Waals surface area contributed by atoms with Crippen LogP contribution in [0.15, 0.2) is 36.4 Å². The monoisotopic (exact) mass is 411 g/mol. The molecule has 1 amide bonds. The molecule has 1 unspecified atom stereocenters. The van der Waals surface area contributed by atoms with Gasteiger partial charge in [0.05, 0.1) is 27.3 Å². The van der Waals surface area contributed by atoms with Crippen molar-refractivity contribution in [1.82, 2.24) is 5.32 Å². The number of rotatable bonds is 8. The lowest BCUT2D eigenvalue weighted by molar-refractivity contribution is -0.945. The molecule has 0 saturated carbocycles. The van der Waals surface area contributed by atoms with Crippen LogP contribution in [-0.4, -0.2) is 33.2 Å². The van der Waals surface area contributed by atoms with Crippen LogP contribution < -0.4 is 19.7 Å². The van der Waals surface area contributed by atoms with E-state index < -0.39 is 0 Å². The van der Waals surface area contributed by atoms with Crippen molar-refractivity contribution in [2.24, 2.45) is 5.92 Å². The molecule has 0 aliphatic carbocycles. The minimum Gasteiger partial charge on any atom is -0.493 e. The molecule has 0 spiro atoms. The lowest BCUT2D eigenvalue weighted by atomic mass is 9.91. The van der Waals surface area contributed by atoms with Crippen LogP contribution in [0.3, 0.4) is 0 Å². The van der Waals surface area contributed by atoms with E-state index in [2.05, 4.69) is 62.5 Å². The fraction of sp³-hybridized carbons (Fsp3) is 0.480. The van der Waals surface area contributed by atoms with Crippen molar-refractivity contribution in [3.8, 4) is 11.5 Å². The number of hydrogen-bond donors (Lipinski definition) is 2. The van der Waals surface area contributed by atoms with Crippen LogP contribution in [0.25, 0.3) is 0 Å². The summed E-state index contributed by atoms with van der Waals surface area (Å²) >= 11 is 0. The van der Waals surface area contributed by atoms with Crippen LogP contribution in [0.1, 0.15) is 48.6 Å². The van der Waals surface area contributed by atoms with Gasteiger partial charge in [-0.1, -0.05) is 43.7 Å². The molecule has 2 atom stereocenters. The van der Waals surface area contributed by atoms with Gasteiger partial charge in [-0.05, 0) is 30.5 Å². The third-order valence-electron chi connectivity index (χ3n) is 5.84. The minimum absolute atomic E-state index is 0.118. The number of hydrogen-bond acceptors (Lipinski definition) is 3. The normalized spacial score (nSPS) is 18.1. The van der Waals surface area contributed by atoms with Gasteiger partial charge in [0, 0.05) is 24.0 Å². The highest BCUT2D eigenvalue weighted by atomic mass is 16.5. The second kappa shape index (κ2) is 9.98. The second-order valence-corrected chi connectivity index (χ2v) is 8.68. The van der Waals surface area contributed by atoms with Gasteiger partial charge in [0.1, 0.15) is 12.6 Å². The Labute approximate surface area is 180 Å². The zero-order valence-corrected chi connectivity index (χ0v) is 18.9. The standard InChI is InChI=1S/C25H34N2O3/c1-17(2)11-25(28)26-15-22-21-14-24(30-5)23(29-4)13-20(21)9-10-27(22)16-19-8-6-7-18(3)12-19/h6-8,12-14,17,22H,9-11,15-16H2,1-5H3,(H,26,28)/p+1/t22-/m0/s1. The summed E-state index contributed by atoms with van der Waals surface area (Å²) in [7, 11) is 3.34. The van der Waals surface area contributed by atoms with Crippen LogP contribution in [0.2, 0.25) is 0 Å². The van der Waals surface area contributed by atoms with Gasteiger partial charge in [0.25, 0.3) is 0 Å². The molecule has 30 heavy (non-hydrogen) atoms. The van der Waals surface area contributed by atoms with Crippen molar-refractivity contribution in [3.05, 3.63) is 58.7 Å². The average molecular weight is 412 g/mol. The van der Waals surface area contributed by atoms with Crippen LogP contribution in [0, 0.1) is 12.8 Å². The van der Waals surface area contributed by atoms with E-state index in [9.17, 15) is 4.79 Å². The fourth-order valence-electron chi connectivity index (χ4n) is 4.38. The molecule has 0 bridgehead atoms. The highest BCUT2D eigenvalue weighted by Crippen LogP contribution is 2.34. The van der Waals surface area contributed by atoms with E-state index in [-0.39, 0.29) is 11.9 Å². The van der Waals surface area contributed by atoms with E-state index in [1.165, 1.54) is 27.2 Å². The first-order chi connectivity index (χ1) is 14.4. The number of fused-ring (bicyclic) bond motifs is 1. The number of carbonyl (C=O) groups is 1. The zero-order chi connectivity index (χ0) is 21.7. The van der Waals surface area contributed by atoms with Gasteiger partial charge in [-0.2, -0.15) is 0 Å². The highest BCUT2D eigenvalue weighted by Gasteiger charge is 2.33. The maximum absolute atomic E-state index is 12.4. The molecule has 0 fully saturated rings. The molecule has 2 aromatic rings. The number of carbonyl (C=O) groups excluding carboxylic acids is 1. The molecule has 0 saturated heterocycles. The molecular formula is C25H35N2O3+. The number of aryl methyl sites for hydroxylation is 1. The largest absolute Gasteiger partial charge is 0.493 e. The van der Waals surface area contributed by atoms with Crippen molar-refractivity contribution in [2.45, 2.75) is 46.2 Å². The Morgan fingerprint density at radius 1 is 1.17 bits per heavy atom. The summed E-state index contributed by atoms with van der Waals surface area (Å²) in [6.07, 6.45) is 1.53. The number of nitrogens with one attached hydrogen (secondary N) is 2. The number of ether oxygens (including phenoxy) is 2. The maximum atomic E-state index is 12.4. The lowest BCUT2D eigenvalue weighted by Gasteiger charge is -2.35. The van der Waals surface area contributed by atoms with Crippen molar-refractivity contribution in [2.75, 3.05) is 27.3 Å². The predicted molar refractivity (Wildman–Crippen MR) is 119 cm³/mol. The van der Waals surface area contributed by atoms with Gasteiger partial charge < -0.3 is 19.7 Å². The van der Waals surface area contributed by atoms with Crippen molar-refractivity contribution < 1.29 is 19.2 Å². The second-order valence-electron chi connectivity index (χ2n) is 8.68. The summed E-state index contributed by atoms with van der Waals surface area (Å²) in [6.45, 7) is 8.84. The number of methoxy groups -OCH3 is 2. The fourth-order valence-corrected chi connectivity index (χ4v) is 4.38. The van der Waals surface area contributed by atoms with E-state index in [0.717, 1.165) is 31.0 Å². The number of quaternary nitrogens is 1. The Balaban J connectivity index is 1.89. The van der Waals surface area contributed by atoms with Crippen LogP contribution in [0.4, 0.5) is 0 Å². The quantitative estimate of drug-likeness (QED) is 0.702. The first kappa shape index (κ1) is 22.2. The number of benzene rings is 2. The molecule has 1 aliphatic heterocycles. The van der Waals surface area contributed by atoms with Gasteiger partial charge in [-0.25, -0.2) is 0 Å². The molecule has 2 aromatic carbocycles. The highest BCUT2D eigenvalue weighted by molar-refractivity contribution is 5.76. The van der Waals surface area contributed by atoms with Crippen LogP contribution >= 0.6 is 0 Å². The molecule has 5 heteroatoms. The van der Waals surface area contributed by atoms with E-state index in [0.29, 0.717) is 18.9 Å². The molecule has 1 heterocycles. The molecule has 162 valence electrons. The topological polar surface area (TPSA) is 52.0 Å². The summed E-state index contributed by atoms with van der Waals surface area (Å²) in [5, 5.41) is 3.19. The Bertz CT molecular complexity index is 879. The Hall–Kier alpha value is -2.53. The Morgan fingerprint density at radius 3 is 2.57 bits per heavy atom. The zero-order valence-electron chi connectivity index (χ0n) is 18.9. The first-order valence-corrected chi connectivity index (χ1v) is 10.8. The Morgan fingerprint density at radius 2 is 1.90 bits per heavy atom. The average Bonchev–Trinajstić information content (AvgIpc) is 2.71. The third kappa shape index (κ3) is 5.33. The molecule has 1 aliphatic rings. The summed E-state index contributed by atoms with van der Waals surface area (Å²) < 4.78 is 11.1.